The molecule has 0 heterocycles. The van der Waals surface area contributed by atoms with E-state index in [1.807, 2.05) is 39.8 Å². The number of carbonyl (C=O) groups excluding carboxylic acids is 1. The summed E-state index contributed by atoms with van der Waals surface area (Å²) in [6, 6.07) is 3.81. The van der Waals surface area contributed by atoms with Crippen LogP contribution in [0.5, 0.6) is 5.75 Å². The SMILES string of the molecule is COc1cc(C)c(Br)c(COCC(=O)OC(C)(C)C)c1. The van der Waals surface area contributed by atoms with Crippen LogP contribution >= 0.6 is 15.9 Å². The van der Waals surface area contributed by atoms with Crippen LogP contribution in [0, 0.1) is 6.92 Å². The zero-order valence-corrected chi connectivity index (χ0v) is 14.2. The zero-order chi connectivity index (χ0) is 15.3. The Morgan fingerprint density at radius 1 is 1.30 bits per heavy atom. The molecule has 0 amide bonds. The van der Waals surface area contributed by atoms with E-state index < -0.39 is 5.60 Å². The van der Waals surface area contributed by atoms with Crippen molar-refractivity contribution in [1.29, 1.82) is 0 Å². The van der Waals surface area contributed by atoms with Crippen LogP contribution in [0.2, 0.25) is 0 Å². The Labute approximate surface area is 128 Å². The van der Waals surface area contributed by atoms with E-state index in [2.05, 4.69) is 15.9 Å². The molecule has 0 aliphatic carbocycles. The molecule has 1 aromatic carbocycles. The van der Waals surface area contributed by atoms with Gasteiger partial charge in [-0.05, 0) is 51.0 Å². The molecule has 1 aromatic rings. The molecule has 5 heteroatoms. The van der Waals surface area contributed by atoms with Crippen molar-refractivity contribution in [3.8, 4) is 5.75 Å². The Balaban J connectivity index is 2.58. The van der Waals surface area contributed by atoms with Crippen LogP contribution in [0.1, 0.15) is 31.9 Å². The first-order chi connectivity index (χ1) is 9.23. The van der Waals surface area contributed by atoms with Gasteiger partial charge in [-0.15, -0.1) is 0 Å². The summed E-state index contributed by atoms with van der Waals surface area (Å²) in [5.41, 5.74) is 1.50. The molecule has 4 nitrogen and oxygen atoms in total. The molecule has 0 N–H and O–H groups in total. The minimum absolute atomic E-state index is 0.0695. The predicted octanol–water partition coefficient (Wildman–Crippen LogP) is 3.62. The van der Waals surface area contributed by atoms with E-state index in [1.54, 1.807) is 7.11 Å². The fourth-order valence-electron chi connectivity index (χ4n) is 1.64. The van der Waals surface area contributed by atoms with Crippen molar-refractivity contribution in [1.82, 2.24) is 0 Å². The number of esters is 1. The van der Waals surface area contributed by atoms with E-state index in [0.717, 1.165) is 21.3 Å². The molecule has 0 bridgehead atoms. The van der Waals surface area contributed by atoms with Crippen LogP contribution in [0.4, 0.5) is 0 Å². The first kappa shape index (κ1) is 17.0. The molecule has 112 valence electrons. The second-order valence-electron chi connectivity index (χ2n) is 5.50. The lowest BCUT2D eigenvalue weighted by Crippen LogP contribution is -2.26. The standard InChI is InChI=1S/C15H21BrO4/c1-10-6-12(18-5)7-11(14(10)16)8-19-9-13(17)20-15(2,3)4/h6-7H,8-9H2,1-5H3. The summed E-state index contributed by atoms with van der Waals surface area (Å²) >= 11 is 3.51. The number of ether oxygens (including phenoxy) is 3. The minimum atomic E-state index is -0.492. The fraction of sp³-hybridized carbons (Fsp3) is 0.533. The lowest BCUT2D eigenvalue weighted by atomic mass is 10.1. The number of carbonyl (C=O) groups is 1. The lowest BCUT2D eigenvalue weighted by molar-refractivity contribution is -0.160. The molecule has 0 saturated heterocycles. The molecule has 0 aliphatic heterocycles. The Morgan fingerprint density at radius 3 is 2.50 bits per heavy atom. The maximum Gasteiger partial charge on any atom is 0.332 e. The third kappa shape index (κ3) is 5.51. The van der Waals surface area contributed by atoms with Gasteiger partial charge in [0.05, 0.1) is 13.7 Å². The summed E-state index contributed by atoms with van der Waals surface area (Å²) < 4.78 is 16.8. The van der Waals surface area contributed by atoms with Crippen molar-refractivity contribution in [3.63, 3.8) is 0 Å². The van der Waals surface area contributed by atoms with Crippen LogP contribution in [0.15, 0.2) is 16.6 Å². The van der Waals surface area contributed by atoms with Gasteiger partial charge in [0, 0.05) is 4.47 Å². The second kappa shape index (κ2) is 7.09. The first-order valence-electron chi connectivity index (χ1n) is 6.35. The highest BCUT2D eigenvalue weighted by atomic mass is 79.9. The number of hydrogen-bond donors (Lipinski definition) is 0. The van der Waals surface area contributed by atoms with Gasteiger partial charge >= 0.3 is 5.97 Å². The molecule has 0 saturated carbocycles. The van der Waals surface area contributed by atoms with E-state index in [-0.39, 0.29) is 12.6 Å². The van der Waals surface area contributed by atoms with Crippen LogP contribution < -0.4 is 4.74 Å². The van der Waals surface area contributed by atoms with E-state index >= 15 is 0 Å². The van der Waals surface area contributed by atoms with Crippen molar-refractivity contribution in [2.45, 2.75) is 39.9 Å². The minimum Gasteiger partial charge on any atom is -0.497 e. The maximum absolute atomic E-state index is 11.5. The van der Waals surface area contributed by atoms with Gasteiger partial charge in [-0.1, -0.05) is 15.9 Å². The van der Waals surface area contributed by atoms with Gasteiger partial charge < -0.3 is 14.2 Å². The highest BCUT2D eigenvalue weighted by molar-refractivity contribution is 9.10. The Hall–Kier alpha value is -1.07. The predicted molar refractivity (Wildman–Crippen MR) is 80.9 cm³/mol. The number of methoxy groups -OCH3 is 1. The molecular formula is C15H21BrO4. The zero-order valence-electron chi connectivity index (χ0n) is 12.6. The average molecular weight is 345 g/mol. The summed E-state index contributed by atoms with van der Waals surface area (Å²) in [5.74, 6) is 0.398. The van der Waals surface area contributed by atoms with Gasteiger partial charge in [-0.25, -0.2) is 4.79 Å². The van der Waals surface area contributed by atoms with Crippen LogP contribution in [0.3, 0.4) is 0 Å². The van der Waals surface area contributed by atoms with Gasteiger partial charge in [0.15, 0.2) is 0 Å². The first-order valence-corrected chi connectivity index (χ1v) is 7.15. The smallest absolute Gasteiger partial charge is 0.332 e. The van der Waals surface area contributed by atoms with Crippen molar-refractivity contribution >= 4 is 21.9 Å². The molecular weight excluding hydrogens is 324 g/mol. The third-order valence-corrected chi connectivity index (χ3v) is 3.57. The highest BCUT2D eigenvalue weighted by Gasteiger charge is 2.16. The quantitative estimate of drug-likeness (QED) is 0.765. The maximum atomic E-state index is 11.5. The summed E-state index contributed by atoms with van der Waals surface area (Å²) in [7, 11) is 1.62. The fourth-order valence-corrected chi connectivity index (χ4v) is 1.99. The number of benzene rings is 1. The monoisotopic (exact) mass is 344 g/mol. The lowest BCUT2D eigenvalue weighted by Gasteiger charge is -2.19. The van der Waals surface area contributed by atoms with Gasteiger partial charge in [0.2, 0.25) is 0 Å². The van der Waals surface area contributed by atoms with Crippen molar-refractivity contribution in [2.75, 3.05) is 13.7 Å². The van der Waals surface area contributed by atoms with Gasteiger partial charge in [-0.2, -0.15) is 0 Å². The molecule has 20 heavy (non-hydrogen) atoms. The van der Waals surface area contributed by atoms with E-state index in [9.17, 15) is 4.79 Å². The van der Waals surface area contributed by atoms with Crippen molar-refractivity contribution < 1.29 is 19.0 Å². The van der Waals surface area contributed by atoms with Crippen LogP contribution in [0.25, 0.3) is 0 Å². The Morgan fingerprint density at radius 2 is 1.95 bits per heavy atom. The van der Waals surface area contributed by atoms with E-state index in [0.29, 0.717) is 6.61 Å². The summed E-state index contributed by atoms with van der Waals surface area (Å²) in [6.45, 7) is 7.70. The number of halogens is 1. The number of aryl methyl sites for hydroxylation is 1. The van der Waals surface area contributed by atoms with E-state index in [4.69, 9.17) is 14.2 Å². The topological polar surface area (TPSA) is 44.8 Å². The molecule has 0 radical (unpaired) electrons. The normalized spacial score (nSPS) is 11.3. The third-order valence-electron chi connectivity index (χ3n) is 2.44. The van der Waals surface area contributed by atoms with Gasteiger partial charge in [0.1, 0.15) is 18.0 Å². The van der Waals surface area contributed by atoms with E-state index in [1.165, 1.54) is 0 Å². The second-order valence-corrected chi connectivity index (χ2v) is 6.29. The number of rotatable bonds is 5. The molecule has 0 aromatic heterocycles. The molecule has 0 fully saturated rings. The summed E-state index contributed by atoms with van der Waals surface area (Å²) in [5, 5.41) is 0. The summed E-state index contributed by atoms with van der Waals surface area (Å²) in [4.78, 5) is 11.5. The van der Waals surface area contributed by atoms with Crippen molar-refractivity contribution in [3.05, 3.63) is 27.7 Å². The van der Waals surface area contributed by atoms with Crippen LogP contribution in [-0.4, -0.2) is 25.3 Å². The molecule has 0 unspecified atom stereocenters. The Bertz CT molecular complexity index is 477. The average Bonchev–Trinajstić information content (AvgIpc) is 2.31. The molecule has 0 spiro atoms. The highest BCUT2D eigenvalue weighted by Crippen LogP contribution is 2.27. The summed E-state index contributed by atoms with van der Waals surface area (Å²) in [6.07, 6.45) is 0. The Kier molecular flexibility index (Phi) is 6.02. The molecule has 0 atom stereocenters. The molecule has 0 aliphatic rings. The number of hydrogen-bond acceptors (Lipinski definition) is 4. The molecule has 1 rings (SSSR count). The van der Waals surface area contributed by atoms with Crippen molar-refractivity contribution in [2.24, 2.45) is 0 Å². The van der Waals surface area contributed by atoms with Gasteiger partial charge in [0.25, 0.3) is 0 Å². The van der Waals surface area contributed by atoms with Crippen LogP contribution in [-0.2, 0) is 20.9 Å². The largest absolute Gasteiger partial charge is 0.497 e. The van der Waals surface area contributed by atoms with Gasteiger partial charge in [-0.3, -0.25) is 0 Å².